The van der Waals surface area contributed by atoms with Crippen LogP contribution in [-0.4, -0.2) is 40.8 Å². The summed E-state index contributed by atoms with van der Waals surface area (Å²) in [5.41, 5.74) is 1.44. The highest BCUT2D eigenvalue weighted by Crippen LogP contribution is 2.36. The Kier molecular flexibility index (Phi) is 5.68. The lowest BCUT2D eigenvalue weighted by atomic mass is 10.1. The van der Waals surface area contributed by atoms with Gasteiger partial charge in [0.2, 0.25) is 10.7 Å². The molecule has 0 radical (unpaired) electrons. The molecule has 1 unspecified atom stereocenters. The summed E-state index contributed by atoms with van der Waals surface area (Å²) in [5.74, 6) is 1.87. The molecule has 0 aliphatic carbocycles. The van der Waals surface area contributed by atoms with Crippen molar-refractivity contribution < 1.29 is 23.3 Å². The van der Waals surface area contributed by atoms with Crippen LogP contribution in [0.1, 0.15) is 5.56 Å². The van der Waals surface area contributed by atoms with Crippen LogP contribution in [0.15, 0.2) is 58.2 Å². The van der Waals surface area contributed by atoms with Crippen molar-refractivity contribution in [3.8, 4) is 17.2 Å². The van der Waals surface area contributed by atoms with E-state index in [2.05, 4.69) is 15.0 Å². The van der Waals surface area contributed by atoms with Crippen LogP contribution < -0.4 is 18.9 Å². The van der Waals surface area contributed by atoms with Gasteiger partial charge in [0.05, 0.1) is 27.9 Å². The van der Waals surface area contributed by atoms with E-state index in [0.717, 1.165) is 5.56 Å². The Morgan fingerprint density at radius 3 is 2.63 bits per heavy atom. The minimum Gasteiger partial charge on any atom is -0.588 e. The van der Waals surface area contributed by atoms with E-state index in [1.54, 1.807) is 43.3 Å². The third-order valence-corrected chi connectivity index (χ3v) is 5.58. The number of nitrogens with zero attached hydrogens (tertiary/aromatic N) is 3. The average Bonchev–Trinajstić information content (AvgIpc) is 3.42. The highest BCUT2D eigenvalue weighted by molar-refractivity contribution is 7.92. The summed E-state index contributed by atoms with van der Waals surface area (Å²) in [7, 11) is 4.61. The molecule has 0 saturated carbocycles. The number of anilines is 1. The van der Waals surface area contributed by atoms with E-state index >= 15 is 0 Å². The summed E-state index contributed by atoms with van der Waals surface area (Å²) < 4.78 is 39.2. The maximum Gasteiger partial charge on any atom is 0.225 e. The number of methoxy groups -OCH3 is 3. The summed E-state index contributed by atoms with van der Waals surface area (Å²) in [6, 6.07) is 10.7. The molecule has 0 fully saturated rings. The second-order valence-corrected chi connectivity index (χ2v) is 7.48. The summed E-state index contributed by atoms with van der Waals surface area (Å²) in [6.45, 7) is 0.551. The van der Waals surface area contributed by atoms with Gasteiger partial charge in [-0.1, -0.05) is 5.16 Å². The SMILES string of the molecule is COc1ccc(OC)c([S+]([O-])Nc2noc3cc(Cn4cccn4)cc(OC)c23)c1. The Bertz CT molecular complexity index is 1150. The maximum absolute atomic E-state index is 13.0. The molecule has 30 heavy (non-hydrogen) atoms. The lowest BCUT2D eigenvalue weighted by Crippen LogP contribution is -2.15. The number of nitrogens with one attached hydrogen (secondary N) is 1. The van der Waals surface area contributed by atoms with Gasteiger partial charge in [0.1, 0.15) is 28.2 Å². The van der Waals surface area contributed by atoms with Crippen LogP contribution >= 0.6 is 0 Å². The van der Waals surface area contributed by atoms with E-state index in [1.807, 2.05) is 24.4 Å². The first-order valence-electron chi connectivity index (χ1n) is 8.97. The van der Waals surface area contributed by atoms with Crippen LogP contribution in [-0.2, 0) is 17.9 Å². The fraction of sp³-hybridized carbons (Fsp3) is 0.200. The Morgan fingerprint density at radius 1 is 1.10 bits per heavy atom. The predicted octanol–water partition coefficient (Wildman–Crippen LogP) is 3.23. The molecule has 0 amide bonds. The van der Waals surface area contributed by atoms with Gasteiger partial charge in [-0.2, -0.15) is 9.82 Å². The number of benzene rings is 2. The molecule has 0 aliphatic heterocycles. The Hall–Kier alpha value is -3.37. The first kappa shape index (κ1) is 19.9. The van der Waals surface area contributed by atoms with Gasteiger partial charge in [-0.05, 0) is 35.9 Å². The third kappa shape index (κ3) is 3.87. The average molecular weight is 428 g/mol. The van der Waals surface area contributed by atoms with Crippen molar-refractivity contribution in [1.82, 2.24) is 14.9 Å². The smallest absolute Gasteiger partial charge is 0.225 e. The molecule has 2 aromatic heterocycles. The molecule has 0 bridgehead atoms. The maximum atomic E-state index is 13.0. The summed E-state index contributed by atoms with van der Waals surface area (Å²) in [4.78, 5) is 0.419. The summed E-state index contributed by atoms with van der Waals surface area (Å²) in [5, 5.41) is 8.86. The van der Waals surface area contributed by atoms with Gasteiger partial charge in [-0.15, -0.1) is 0 Å². The molecular formula is C20H20N4O5S. The third-order valence-electron chi connectivity index (χ3n) is 4.48. The van der Waals surface area contributed by atoms with Crippen molar-refractivity contribution in [2.24, 2.45) is 0 Å². The zero-order valence-corrected chi connectivity index (χ0v) is 17.4. The molecular weight excluding hydrogens is 408 g/mol. The van der Waals surface area contributed by atoms with Crippen molar-refractivity contribution in [3.63, 3.8) is 0 Å². The second kappa shape index (κ2) is 8.56. The highest BCUT2D eigenvalue weighted by Gasteiger charge is 2.24. The normalized spacial score (nSPS) is 12.0. The van der Waals surface area contributed by atoms with Crippen molar-refractivity contribution in [3.05, 3.63) is 54.4 Å². The van der Waals surface area contributed by atoms with Gasteiger partial charge in [0.15, 0.2) is 11.3 Å². The van der Waals surface area contributed by atoms with Gasteiger partial charge >= 0.3 is 0 Å². The fourth-order valence-corrected chi connectivity index (χ4v) is 4.05. The van der Waals surface area contributed by atoms with Crippen LogP contribution in [0.5, 0.6) is 17.2 Å². The molecule has 1 atom stereocenters. The molecule has 2 heterocycles. The first-order chi connectivity index (χ1) is 14.6. The van der Waals surface area contributed by atoms with Crippen LogP contribution in [0.25, 0.3) is 11.0 Å². The standard InChI is InChI=1S/C20H20N4O5S/c1-26-14-5-6-15(27-2)18(11-14)30(25)23-20-19-16(28-3)9-13(10-17(19)29-22-20)12-24-8-4-7-21-24/h4-11H,12H2,1-3H3,(H,22,23). The monoisotopic (exact) mass is 428 g/mol. The second-order valence-electron chi connectivity index (χ2n) is 6.29. The van der Waals surface area contributed by atoms with Crippen molar-refractivity contribution in [1.29, 1.82) is 0 Å². The number of hydrogen-bond donors (Lipinski definition) is 1. The molecule has 1 N–H and O–H groups in total. The van der Waals surface area contributed by atoms with E-state index in [0.29, 0.717) is 45.5 Å². The number of hydrogen-bond acceptors (Lipinski definition) is 8. The lowest BCUT2D eigenvalue weighted by molar-refractivity contribution is 0.392. The zero-order chi connectivity index (χ0) is 21.1. The topological polar surface area (TPSA) is 107 Å². The number of aromatic nitrogens is 3. The van der Waals surface area contributed by atoms with E-state index in [4.69, 9.17) is 18.7 Å². The first-order valence-corrected chi connectivity index (χ1v) is 10.1. The van der Waals surface area contributed by atoms with Crippen molar-refractivity contribution >= 4 is 28.1 Å². The van der Waals surface area contributed by atoms with Crippen molar-refractivity contribution in [2.45, 2.75) is 11.4 Å². The van der Waals surface area contributed by atoms with E-state index in [9.17, 15) is 4.55 Å². The molecule has 4 aromatic rings. The quantitative estimate of drug-likeness (QED) is 0.426. The molecule has 10 heteroatoms. The van der Waals surface area contributed by atoms with Crippen molar-refractivity contribution in [2.75, 3.05) is 26.1 Å². The van der Waals surface area contributed by atoms with E-state index in [-0.39, 0.29) is 0 Å². The molecule has 2 aromatic carbocycles. The fourth-order valence-electron chi connectivity index (χ4n) is 3.06. The molecule has 156 valence electrons. The van der Waals surface area contributed by atoms with Crippen LogP contribution in [0, 0.1) is 0 Å². The largest absolute Gasteiger partial charge is 0.588 e. The molecule has 0 spiro atoms. The van der Waals surface area contributed by atoms with Gasteiger partial charge in [0, 0.05) is 18.5 Å². The summed E-state index contributed by atoms with van der Waals surface area (Å²) in [6.07, 6.45) is 3.59. The van der Waals surface area contributed by atoms with Gasteiger partial charge in [0.25, 0.3) is 0 Å². The molecule has 4 rings (SSSR count). The highest BCUT2D eigenvalue weighted by atomic mass is 32.2. The van der Waals surface area contributed by atoms with Crippen LogP contribution in [0.3, 0.4) is 0 Å². The predicted molar refractivity (Wildman–Crippen MR) is 111 cm³/mol. The Balaban J connectivity index is 1.66. The minimum absolute atomic E-state index is 0.302. The minimum atomic E-state index is -1.68. The number of ether oxygens (including phenoxy) is 3. The number of rotatable bonds is 8. The van der Waals surface area contributed by atoms with Crippen LogP contribution in [0.4, 0.5) is 5.82 Å². The molecule has 0 saturated heterocycles. The zero-order valence-electron chi connectivity index (χ0n) is 16.6. The summed E-state index contributed by atoms with van der Waals surface area (Å²) >= 11 is -1.68. The van der Waals surface area contributed by atoms with Crippen LogP contribution in [0.2, 0.25) is 0 Å². The Labute approximate surface area is 175 Å². The van der Waals surface area contributed by atoms with E-state index in [1.165, 1.54) is 7.11 Å². The Morgan fingerprint density at radius 2 is 1.93 bits per heavy atom. The van der Waals surface area contributed by atoms with E-state index < -0.39 is 11.4 Å². The molecule has 0 aliphatic rings. The van der Waals surface area contributed by atoms with Gasteiger partial charge in [-0.3, -0.25) is 4.68 Å². The number of fused-ring (bicyclic) bond motifs is 1. The van der Waals surface area contributed by atoms with Gasteiger partial charge in [-0.25, -0.2) is 0 Å². The molecule has 9 nitrogen and oxygen atoms in total. The lowest BCUT2D eigenvalue weighted by Gasteiger charge is -2.14. The van der Waals surface area contributed by atoms with Gasteiger partial charge < -0.3 is 23.3 Å².